The molecule has 1 unspecified atom stereocenters. The minimum atomic E-state index is -0.00148. The Morgan fingerprint density at radius 3 is 2.44 bits per heavy atom. The Balaban J connectivity index is 2.24. The molecule has 2 N–H and O–H groups in total. The molecule has 0 spiro atoms. The second-order valence-corrected chi connectivity index (χ2v) is 5.80. The minimum Gasteiger partial charge on any atom is -0.320 e. The van der Waals surface area contributed by atoms with Gasteiger partial charge in [0.2, 0.25) is 0 Å². The highest BCUT2D eigenvalue weighted by Gasteiger charge is 2.10. The Labute approximate surface area is 108 Å². The largest absolute Gasteiger partial charge is 0.320 e. The maximum absolute atomic E-state index is 6.23. The van der Waals surface area contributed by atoms with Gasteiger partial charge in [0.25, 0.3) is 0 Å². The third-order valence-corrected chi connectivity index (χ3v) is 4.41. The van der Waals surface area contributed by atoms with E-state index in [0.717, 1.165) is 16.5 Å². The van der Waals surface area contributed by atoms with Crippen LogP contribution in [0.25, 0.3) is 0 Å². The number of rotatable bonds is 3. The van der Waals surface area contributed by atoms with Gasteiger partial charge in [-0.05, 0) is 36.2 Å². The number of halogens is 1. The summed E-state index contributed by atoms with van der Waals surface area (Å²) in [5.74, 6) is 0. The van der Waals surface area contributed by atoms with E-state index < -0.39 is 0 Å². The third-order valence-electron chi connectivity index (χ3n) is 2.57. The summed E-state index contributed by atoms with van der Waals surface area (Å²) >= 11 is 5.23. The SMILES string of the molecule is CCc1ccc(C(N)c2ccc(Br)cc2)s1. The molecular formula is C13H14BrNS. The van der Waals surface area contributed by atoms with Crippen molar-refractivity contribution in [1.29, 1.82) is 0 Å². The average Bonchev–Trinajstić information content (AvgIpc) is 2.77. The summed E-state index contributed by atoms with van der Waals surface area (Å²) in [4.78, 5) is 2.63. The lowest BCUT2D eigenvalue weighted by molar-refractivity contribution is 0.893. The zero-order chi connectivity index (χ0) is 11.5. The van der Waals surface area contributed by atoms with Crippen molar-refractivity contribution in [3.05, 3.63) is 56.2 Å². The van der Waals surface area contributed by atoms with Gasteiger partial charge in [-0.2, -0.15) is 0 Å². The summed E-state index contributed by atoms with van der Waals surface area (Å²) in [6, 6.07) is 12.5. The molecule has 1 aromatic heterocycles. The van der Waals surface area contributed by atoms with Crippen LogP contribution in [0.3, 0.4) is 0 Å². The Morgan fingerprint density at radius 2 is 1.88 bits per heavy atom. The van der Waals surface area contributed by atoms with Crippen LogP contribution in [0.2, 0.25) is 0 Å². The van der Waals surface area contributed by atoms with Gasteiger partial charge >= 0.3 is 0 Å². The summed E-state index contributed by atoms with van der Waals surface area (Å²) in [5, 5.41) is 0. The zero-order valence-electron chi connectivity index (χ0n) is 9.11. The van der Waals surface area contributed by atoms with Crippen LogP contribution >= 0.6 is 27.3 Å². The van der Waals surface area contributed by atoms with Gasteiger partial charge in [0.05, 0.1) is 6.04 Å². The molecule has 0 fully saturated rings. The standard InChI is InChI=1S/C13H14BrNS/c1-2-11-7-8-12(16-11)13(15)9-3-5-10(14)6-4-9/h3-8,13H,2,15H2,1H3. The van der Waals surface area contributed by atoms with Gasteiger partial charge < -0.3 is 5.73 Å². The normalized spacial score (nSPS) is 12.7. The van der Waals surface area contributed by atoms with Crippen LogP contribution in [-0.4, -0.2) is 0 Å². The zero-order valence-corrected chi connectivity index (χ0v) is 11.5. The van der Waals surface area contributed by atoms with E-state index in [0.29, 0.717) is 0 Å². The van der Waals surface area contributed by atoms with Crippen molar-refractivity contribution in [3.63, 3.8) is 0 Å². The molecule has 0 aliphatic rings. The Kier molecular flexibility index (Phi) is 3.79. The molecule has 0 bridgehead atoms. The summed E-state index contributed by atoms with van der Waals surface area (Å²) in [6.45, 7) is 2.17. The van der Waals surface area contributed by atoms with Crippen molar-refractivity contribution in [3.8, 4) is 0 Å². The van der Waals surface area contributed by atoms with E-state index in [1.165, 1.54) is 9.75 Å². The number of aryl methyl sites for hydroxylation is 1. The monoisotopic (exact) mass is 295 g/mol. The van der Waals surface area contributed by atoms with Crippen molar-refractivity contribution in [1.82, 2.24) is 0 Å². The van der Waals surface area contributed by atoms with Crippen LogP contribution in [0.1, 0.15) is 28.3 Å². The van der Waals surface area contributed by atoms with E-state index in [4.69, 9.17) is 5.73 Å². The molecule has 2 rings (SSSR count). The molecule has 0 saturated carbocycles. The molecule has 1 nitrogen and oxygen atoms in total. The number of benzene rings is 1. The predicted octanol–water partition coefficient (Wildman–Crippen LogP) is 4.12. The smallest absolute Gasteiger partial charge is 0.0646 e. The Bertz CT molecular complexity index is 461. The first kappa shape index (κ1) is 11.8. The molecule has 3 heteroatoms. The van der Waals surface area contributed by atoms with Crippen molar-refractivity contribution < 1.29 is 0 Å². The highest BCUT2D eigenvalue weighted by molar-refractivity contribution is 9.10. The molecule has 1 atom stereocenters. The lowest BCUT2D eigenvalue weighted by Crippen LogP contribution is -2.09. The van der Waals surface area contributed by atoms with Crippen LogP contribution in [-0.2, 0) is 6.42 Å². The third kappa shape index (κ3) is 2.54. The predicted molar refractivity (Wildman–Crippen MR) is 73.9 cm³/mol. The molecule has 0 aliphatic heterocycles. The average molecular weight is 296 g/mol. The van der Waals surface area contributed by atoms with E-state index in [1.807, 2.05) is 12.1 Å². The van der Waals surface area contributed by atoms with Crippen molar-refractivity contribution in [2.75, 3.05) is 0 Å². The quantitative estimate of drug-likeness (QED) is 0.906. The second-order valence-electron chi connectivity index (χ2n) is 3.69. The molecule has 0 amide bonds. The van der Waals surface area contributed by atoms with E-state index in [-0.39, 0.29) is 6.04 Å². The van der Waals surface area contributed by atoms with Gasteiger partial charge in [-0.25, -0.2) is 0 Å². The van der Waals surface area contributed by atoms with Gasteiger partial charge in [0.1, 0.15) is 0 Å². The molecule has 0 saturated heterocycles. The Morgan fingerprint density at radius 1 is 1.19 bits per heavy atom. The van der Waals surface area contributed by atoms with Gasteiger partial charge in [-0.1, -0.05) is 35.0 Å². The van der Waals surface area contributed by atoms with Crippen LogP contribution < -0.4 is 5.73 Å². The topological polar surface area (TPSA) is 26.0 Å². The van der Waals surface area contributed by atoms with Gasteiger partial charge in [-0.3, -0.25) is 0 Å². The number of hydrogen-bond acceptors (Lipinski definition) is 2. The van der Waals surface area contributed by atoms with Crippen molar-refractivity contribution >= 4 is 27.3 Å². The van der Waals surface area contributed by atoms with Gasteiger partial charge in [0.15, 0.2) is 0 Å². The summed E-state index contributed by atoms with van der Waals surface area (Å²) in [6.07, 6.45) is 1.08. The molecule has 1 heterocycles. The molecular weight excluding hydrogens is 282 g/mol. The highest BCUT2D eigenvalue weighted by atomic mass is 79.9. The molecule has 0 aliphatic carbocycles. The summed E-state index contributed by atoms with van der Waals surface area (Å²) < 4.78 is 1.09. The maximum atomic E-state index is 6.23. The Hall–Kier alpha value is -0.640. The lowest BCUT2D eigenvalue weighted by Gasteiger charge is -2.09. The van der Waals surface area contributed by atoms with E-state index >= 15 is 0 Å². The first-order chi connectivity index (χ1) is 7.70. The fraction of sp³-hybridized carbons (Fsp3) is 0.231. The highest BCUT2D eigenvalue weighted by Crippen LogP contribution is 2.27. The maximum Gasteiger partial charge on any atom is 0.0646 e. The molecule has 84 valence electrons. The van der Waals surface area contributed by atoms with Crippen molar-refractivity contribution in [2.24, 2.45) is 5.73 Å². The van der Waals surface area contributed by atoms with Crippen LogP contribution in [0, 0.1) is 0 Å². The van der Waals surface area contributed by atoms with Crippen LogP contribution in [0.15, 0.2) is 40.9 Å². The number of thiophene rings is 1. The number of nitrogens with two attached hydrogens (primary N) is 1. The minimum absolute atomic E-state index is 0.00148. The van der Waals surface area contributed by atoms with Gasteiger partial charge in [-0.15, -0.1) is 11.3 Å². The molecule has 2 aromatic rings. The number of hydrogen-bond donors (Lipinski definition) is 1. The van der Waals surface area contributed by atoms with Gasteiger partial charge in [0, 0.05) is 14.2 Å². The summed E-state index contributed by atoms with van der Waals surface area (Å²) in [5.41, 5.74) is 7.39. The lowest BCUT2D eigenvalue weighted by atomic mass is 10.1. The van der Waals surface area contributed by atoms with Crippen LogP contribution in [0.4, 0.5) is 0 Å². The summed E-state index contributed by atoms with van der Waals surface area (Å²) in [7, 11) is 0. The van der Waals surface area contributed by atoms with E-state index in [2.05, 4.69) is 47.1 Å². The fourth-order valence-electron chi connectivity index (χ4n) is 1.59. The molecule has 16 heavy (non-hydrogen) atoms. The first-order valence-corrected chi connectivity index (χ1v) is 6.91. The second kappa shape index (κ2) is 5.13. The molecule has 1 aromatic carbocycles. The van der Waals surface area contributed by atoms with Crippen LogP contribution in [0.5, 0.6) is 0 Å². The van der Waals surface area contributed by atoms with Crippen molar-refractivity contribution in [2.45, 2.75) is 19.4 Å². The van der Waals surface area contributed by atoms with E-state index in [1.54, 1.807) is 11.3 Å². The molecule has 0 radical (unpaired) electrons. The fourth-order valence-corrected chi connectivity index (χ4v) is 2.83. The first-order valence-electron chi connectivity index (χ1n) is 5.30. The van der Waals surface area contributed by atoms with E-state index in [9.17, 15) is 0 Å².